The molecule has 0 unspecified atom stereocenters. The van der Waals surface area contributed by atoms with Crippen molar-refractivity contribution in [2.45, 2.75) is 13.8 Å². The highest BCUT2D eigenvalue weighted by molar-refractivity contribution is 5.75. The van der Waals surface area contributed by atoms with Crippen LogP contribution < -0.4 is 17.3 Å². The molecule has 0 aliphatic heterocycles. The van der Waals surface area contributed by atoms with Gasteiger partial charge in [0.1, 0.15) is 0 Å². The van der Waals surface area contributed by atoms with E-state index >= 15 is 0 Å². The third-order valence-electron chi connectivity index (χ3n) is 0.149. The Morgan fingerprint density at radius 2 is 1.44 bits per heavy atom. The molecular weight excluding hydrogens is 116 g/mol. The Bertz CT molecular complexity index is 97.5. The summed E-state index contributed by atoms with van der Waals surface area (Å²) < 4.78 is 0. The van der Waals surface area contributed by atoms with Gasteiger partial charge in [-0.25, -0.2) is 0 Å². The molecule has 0 aromatic heterocycles. The van der Waals surface area contributed by atoms with Gasteiger partial charge in [-0.3, -0.25) is 0 Å². The zero-order valence-electron chi connectivity index (χ0n) is 5.89. The van der Waals surface area contributed by atoms with Gasteiger partial charge in [0, 0.05) is 0 Å². The Labute approximate surface area is 55.4 Å². The molecule has 0 spiro atoms. The Kier molecular flexibility index (Phi) is 8.12. The summed E-state index contributed by atoms with van der Waals surface area (Å²) >= 11 is 0. The Morgan fingerprint density at radius 3 is 1.44 bits per heavy atom. The van der Waals surface area contributed by atoms with Gasteiger partial charge in [-0.05, 0) is 13.8 Å². The van der Waals surface area contributed by atoms with E-state index in [0.717, 1.165) is 0 Å². The first-order chi connectivity index (χ1) is 4.00. The van der Waals surface area contributed by atoms with Gasteiger partial charge >= 0.3 is 0 Å². The summed E-state index contributed by atoms with van der Waals surface area (Å²) in [5.74, 6) is 4.42. The van der Waals surface area contributed by atoms with Crippen molar-refractivity contribution in [2.75, 3.05) is 0 Å². The molecule has 0 atom stereocenters. The fourth-order valence-corrected chi connectivity index (χ4v) is 0. The van der Waals surface area contributed by atoms with Crippen molar-refractivity contribution < 1.29 is 0 Å². The SMILES string of the molecule is C=C(C)C.NN=C(N)N. The number of nitrogens with zero attached hydrogens (tertiary/aromatic N) is 1. The van der Waals surface area contributed by atoms with Crippen LogP contribution in [0.15, 0.2) is 17.3 Å². The molecule has 0 aromatic rings. The highest BCUT2D eigenvalue weighted by atomic mass is 15.2. The second kappa shape index (κ2) is 6.81. The minimum atomic E-state index is -0.0926. The summed E-state index contributed by atoms with van der Waals surface area (Å²) in [6.45, 7) is 7.50. The maximum Gasteiger partial charge on any atom is 0.208 e. The molecule has 0 rings (SSSR count). The van der Waals surface area contributed by atoms with Crippen LogP contribution in [0.5, 0.6) is 0 Å². The summed E-state index contributed by atoms with van der Waals surface area (Å²) in [4.78, 5) is 0. The number of hydrogen-bond acceptors (Lipinski definition) is 2. The molecule has 9 heavy (non-hydrogen) atoms. The van der Waals surface area contributed by atoms with E-state index in [4.69, 9.17) is 11.5 Å². The molecule has 0 saturated carbocycles. The molecule has 0 saturated heterocycles. The van der Waals surface area contributed by atoms with Gasteiger partial charge < -0.3 is 17.3 Å². The van der Waals surface area contributed by atoms with Gasteiger partial charge in [0.15, 0.2) is 0 Å². The maximum atomic E-state index is 4.69. The van der Waals surface area contributed by atoms with Gasteiger partial charge in [0.25, 0.3) is 0 Å². The Hall–Kier alpha value is -1.19. The molecule has 0 aromatic carbocycles. The maximum absolute atomic E-state index is 4.69. The monoisotopic (exact) mass is 130 g/mol. The van der Waals surface area contributed by atoms with E-state index in [0.29, 0.717) is 0 Å². The number of hydrazone groups is 1. The van der Waals surface area contributed by atoms with E-state index in [2.05, 4.69) is 17.5 Å². The van der Waals surface area contributed by atoms with Crippen LogP contribution in [0.3, 0.4) is 0 Å². The molecule has 4 heteroatoms. The lowest BCUT2D eigenvalue weighted by Crippen LogP contribution is -2.23. The lowest BCUT2D eigenvalue weighted by Gasteiger charge is -1.76. The van der Waals surface area contributed by atoms with Crippen molar-refractivity contribution in [1.29, 1.82) is 0 Å². The first-order valence-corrected chi connectivity index (χ1v) is 2.41. The van der Waals surface area contributed by atoms with E-state index in [-0.39, 0.29) is 5.96 Å². The van der Waals surface area contributed by atoms with E-state index < -0.39 is 0 Å². The molecular formula is C5H14N4. The predicted octanol–water partition coefficient (Wildman–Crippen LogP) is -0.284. The number of nitrogens with two attached hydrogens (primary N) is 3. The van der Waals surface area contributed by atoms with Gasteiger partial charge in [-0.15, -0.1) is 11.7 Å². The number of allylic oxidation sites excluding steroid dienone is 1. The Morgan fingerprint density at radius 1 is 1.33 bits per heavy atom. The van der Waals surface area contributed by atoms with Crippen molar-refractivity contribution in [3.8, 4) is 0 Å². The van der Waals surface area contributed by atoms with Gasteiger partial charge in [0.2, 0.25) is 5.96 Å². The third-order valence-corrected chi connectivity index (χ3v) is 0.149. The van der Waals surface area contributed by atoms with E-state index in [1.165, 1.54) is 5.57 Å². The summed E-state index contributed by atoms with van der Waals surface area (Å²) in [5.41, 5.74) is 10.6. The van der Waals surface area contributed by atoms with Crippen LogP contribution in [0.2, 0.25) is 0 Å². The van der Waals surface area contributed by atoms with Crippen LogP contribution in [0, 0.1) is 0 Å². The smallest absolute Gasteiger partial charge is 0.208 e. The molecule has 0 bridgehead atoms. The lowest BCUT2D eigenvalue weighted by molar-refractivity contribution is 1.21. The minimum Gasteiger partial charge on any atom is -0.369 e. The van der Waals surface area contributed by atoms with E-state index in [1.54, 1.807) is 0 Å². The highest BCUT2D eigenvalue weighted by Gasteiger charge is 1.62. The topological polar surface area (TPSA) is 90.4 Å². The van der Waals surface area contributed by atoms with Crippen LogP contribution >= 0.6 is 0 Å². The van der Waals surface area contributed by atoms with Crippen LogP contribution in [0.1, 0.15) is 13.8 Å². The second-order valence-corrected chi connectivity index (χ2v) is 1.76. The summed E-state index contributed by atoms with van der Waals surface area (Å²) in [6.07, 6.45) is 0. The van der Waals surface area contributed by atoms with E-state index in [9.17, 15) is 0 Å². The van der Waals surface area contributed by atoms with E-state index in [1.807, 2.05) is 13.8 Å². The fourth-order valence-electron chi connectivity index (χ4n) is 0. The zero-order valence-corrected chi connectivity index (χ0v) is 5.89. The molecule has 6 N–H and O–H groups in total. The molecule has 4 nitrogen and oxygen atoms in total. The summed E-state index contributed by atoms with van der Waals surface area (Å²) in [5, 5.41) is 2.86. The molecule has 0 aliphatic carbocycles. The summed E-state index contributed by atoms with van der Waals surface area (Å²) in [7, 11) is 0. The zero-order chi connectivity index (χ0) is 7.86. The Balaban J connectivity index is 0. The first-order valence-electron chi connectivity index (χ1n) is 2.41. The van der Waals surface area contributed by atoms with Crippen LogP contribution in [0.25, 0.3) is 0 Å². The predicted molar refractivity (Wildman–Crippen MR) is 40.5 cm³/mol. The van der Waals surface area contributed by atoms with Crippen molar-refractivity contribution in [3.63, 3.8) is 0 Å². The quantitative estimate of drug-likeness (QED) is 0.138. The minimum absolute atomic E-state index is 0.0926. The summed E-state index contributed by atoms with van der Waals surface area (Å²) in [6, 6.07) is 0. The number of guanidine groups is 1. The molecule has 54 valence electrons. The second-order valence-electron chi connectivity index (χ2n) is 1.76. The largest absolute Gasteiger partial charge is 0.369 e. The van der Waals surface area contributed by atoms with Crippen LogP contribution in [0.4, 0.5) is 0 Å². The molecule has 0 aliphatic rings. The molecule has 0 heterocycles. The third kappa shape index (κ3) is 240. The standard InChI is InChI=1S/C4H8.CH6N4/c1-4(2)3;2-1(3)5-4/h1H2,2-3H3;4H2,(H4,2,3,5). The van der Waals surface area contributed by atoms with Crippen LogP contribution in [-0.2, 0) is 0 Å². The normalized spacial score (nSPS) is 6.44. The number of hydrogen-bond donors (Lipinski definition) is 3. The number of rotatable bonds is 0. The molecule has 0 radical (unpaired) electrons. The van der Waals surface area contributed by atoms with Crippen molar-refractivity contribution in [1.82, 2.24) is 0 Å². The van der Waals surface area contributed by atoms with Gasteiger partial charge in [-0.1, -0.05) is 5.57 Å². The fraction of sp³-hybridized carbons (Fsp3) is 0.400. The van der Waals surface area contributed by atoms with Gasteiger partial charge in [-0.2, -0.15) is 0 Å². The highest BCUT2D eigenvalue weighted by Crippen LogP contribution is 1.73. The molecule has 0 amide bonds. The average Bonchev–Trinajstić information content (AvgIpc) is 1.65. The lowest BCUT2D eigenvalue weighted by atomic mass is 10.4. The van der Waals surface area contributed by atoms with Gasteiger partial charge in [0.05, 0.1) is 0 Å². The van der Waals surface area contributed by atoms with Crippen molar-refractivity contribution in [3.05, 3.63) is 12.2 Å². The molecule has 0 fully saturated rings. The van der Waals surface area contributed by atoms with Crippen molar-refractivity contribution >= 4 is 5.96 Å². The van der Waals surface area contributed by atoms with Crippen LogP contribution in [-0.4, -0.2) is 5.96 Å². The first kappa shape index (κ1) is 10.7. The van der Waals surface area contributed by atoms with Crippen molar-refractivity contribution in [2.24, 2.45) is 22.4 Å². The average molecular weight is 130 g/mol.